The van der Waals surface area contributed by atoms with E-state index in [1.54, 1.807) is 6.33 Å². The van der Waals surface area contributed by atoms with E-state index >= 15 is 0 Å². The molecule has 0 bridgehead atoms. The Bertz CT molecular complexity index is 1170. The highest BCUT2D eigenvalue weighted by Crippen LogP contribution is 2.34. The van der Waals surface area contributed by atoms with Gasteiger partial charge in [0, 0.05) is 39.1 Å². The zero-order valence-corrected chi connectivity index (χ0v) is 19.1. The third-order valence-electron chi connectivity index (χ3n) is 6.41. The Morgan fingerprint density at radius 1 is 1.16 bits per heavy atom. The van der Waals surface area contributed by atoms with Crippen molar-refractivity contribution in [2.45, 2.75) is 39.2 Å². The van der Waals surface area contributed by atoms with E-state index in [9.17, 15) is 9.59 Å². The van der Waals surface area contributed by atoms with Crippen LogP contribution in [0.1, 0.15) is 45.6 Å². The molecule has 0 radical (unpaired) electrons. The van der Waals surface area contributed by atoms with Crippen molar-refractivity contribution in [3.05, 3.63) is 52.2 Å². The Hall–Kier alpha value is -3.00. The number of carbonyl (C=O) groups excluding carboxylic acids is 2. The molecule has 0 saturated carbocycles. The van der Waals surface area contributed by atoms with Gasteiger partial charge in [-0.25, -0.2) is 9.97 Å². The van der Waals surface area contributed by atoms with Crippen molar-refractivity contribution in [3.8, 4) is 0 Å². The molecule has 0 atom stereocenters. The Kier molecular flexibility index (Phi) is 5.78. The van der Waals surface area contributed by atoms with Crippen molar-refractivity contribution < 1.29 is 9.59 Å². The van der Waals surface area contributed by atoms with Crippen LogP contribution in [0.15, 0.2) is 30.6 Å². The van der Waals surface area contributed by atoms with Gasteiger partial charge in [-0.2, -0.15) is 0 Å². The number of hydrogen-bond donors (Lipinski definition) is 1. The summed E-state index contributed by atoms with van der Waals surface area (Å²) in [5.74, 6) is 1.09. The number of benzene rings is 1. The second-order valence-electron chi connectivity index (χ2n) is 8.47. The summed E-state index contributed by atoms with van der Waals surface area (Å²) in [5, 5.41) is 4.33. The minimum absolute atomic E-state index is 0.0681. The highest BCUT2D eigenvalue weighted by atomic mass is 32.1. The van der Waals surface area contributed by atoms with E-state index in [4.69, 9.17) is 0 Å². The van der Waals surface area contributed by atoms with Crippen LogP contribution in [-0.4, -0.2) is 57.8 Å². The molecule has 5 rings (SSSR count). The van der Waals surface area contributed by atoms with E-state index in [2.05, 4.69) is 33.5 Å². The summed E-state index contributed by atoms with van der Waals surface area (Å²) in [6.45, 7) is 5.72. The first kappa shape index (κ1) is 20.9. The smallest absolute Gasteiger partial charge is 0.264 e. The van der Waals surface area contributed by atoms with Crippen LogP contribution in [0.3, 0.4) is 0 Å². The molecule has 1 aromatic carbocycles. The predicted octanol–water partition coefficient (Wildman–Crippen LogP) is 3.62. The fourth-order valence-corrected chi connectivity index (χ4v) is 5.76. The third kappa shape index (κ3) is 3.95. The van der Waals surface area contributed by atoms with Crippen molar-refractivity contribution in [3.63, 3.8) is 0 Å². The van der Waals surface area contributed by atoms with Crippen molar-refractivity contribution in [2.24, 2.45) is 0 Å². The Morgan fingerprint density at radius 2 is 2.00 bits per heavy atom. The van der Waals surface area contributed by atoms with Gasteiger partial charge in [0.1, 0.15) is 17.0 Å². The van der Waals surface area contributed by atoms with Crippen LogP contribution in [0.2, 0.25) is 0 Å². The van der Waals surface area contributed by atoms with E-state index in [1.165, 1.54) is 22.5 Å². The lowest BCUT2D eigenvalue weighted by molar-refractivity contribution is -0.127. The molecular formula is C24H27N5O2S. The molecule has 1 fully saturated rings. The zero-order valence-electron chi connectivity index (χ0n) is 18.3. The monoisotopic (exact) mass is 449 g/mol. The van der Waals surface area contributed by atoms with E-state index in [1.807, 2.05) is 22.8 Å². The molecule has 1 saturated heterocycles. The Morgan fingerprint density at radius 3 is 2.81 bits per heavy atom. The van der Waals surface area contributed by atoms with Crippen LogP contribution >= 0.6 is 11.3 Å². The fraction of sp³-hybridized carbons (Fsp3) is 0.417. The number of likely N-dealkylation sites (tertiary alicyclic amines) is 1. The average molecular weight is 450 g/mol. The Labute approximate surface area is 191 Å². The summed E-state index contributed by atoms with van der Waals surface area (Å²) in [6.07, 6.45) is 4.94. The second-order valence-corrected chi connectivity index (χ2v) is 9.47. The number of aromatic nitrogens is 2. The number of nitrogens with zero attached hydrogens (tertiary/aromatic N) is 4. The van der Waals surface area contributed by atoms with Gasteiger partial charge in [0.25, 0.3) is 5.91 Å². The van der Waals surface area contributed by atoms with Gasteiger partial charge in [-0.3, -0.25) is 9.59 Å². The van der Waals surface area contributed by atoms with Gasteiger partial charge in [-0.1, -0.05) is 24.3 Å². The lowest BCUT2D eigenvalue weighted by Gasteiger charge is -2.28. The van der Waals surface area contributed by atoms with Gasteiger partial charge < -0.3 is 15.1 Å². The second kappa shape index (κ2) is 8.86. The normalized spacial score (nSPS) is 16.0. The first-order valence-electron chi connectivity index (χ1n) is 11.2. The number of rotatable bonds is 6. The predicted molar refractivity (Wildman–Crippen MR) is 126 cm³/mol. The maximum absolute atomic E-state index is 13.4. The summed E-state index contributed by atoms with van der Waals surface area (Å²) in [4.78, 5) is 39.5. The lowest BCUT2D eigenvalue weighted by atomic mass is 9.99. The topological polar surface area (TPSA) is 78.4 Å². The van der Waals surface area contributed by atoms with Crippen LogP contribution < -0.4 is 5.32 Å². The third-order valence-corrected chi connectivity index (χ3v) is 7.60. The van der Waals surface area contributed by atoms with E-state index in [-0.39, 0.29) is 11.8 Å². The molecule has 4 heterocycles. The SMILES string of the molecule is Cc1c(C(=O)N2CCc3ccccc3C2)sc2ncnc(NCCCN3CCCC3=O)c12. The molecule has 0 aliphatic carbocycles. The van der Waals surface area contributed by atoms with E-state index < -0.39 is 0 Å². The van der Waals surface area contributed by atoms with Gasteiger partial charge in [-0.15, -0.1) is 11.3 Å². The van der Waals surface area contributed by atoms with Crippen molar-refractivity contribution in [2.75, 3.05) is 31.5 Å². The number of anilines is 1. The average Bonchev–Trinajstić information content (AvgIpc) is 3.39. The summed E-state index contributed by atoms with van der Waals surface area (Å²) in [6, 6.07) is 8.35. The molecule has 2 amide bonds. The van der Waals surface area contributed by atoms with Gasteiger partial charge in [0.05, 0.1) is 10.3 Å². The van der Waals surface area contributed by atoms with Crippen molar-refractivity contribution >= 4 is 39.2 Å². The Balaban J connectivity index is 1.30. The van der Waals surface area contributed by atoms with Gasteiger partial charge in [0.2, 0.25) is 5.91 Å². The largest absolute Gasteiger partial charge is 0.369 e. The number of carbonyl (C=O) groups is 2. The number of thiophene rings is 1. The van der Waals surface area contributed by atoms with Gasteiger partial charge in [0.15, 0.2) is 0 Å². The molecule has 2 aliphatic heterocycles. The highest BCUT2D eigenvalue weighted by molar-refractivity contribution is 7.20. The van der Waals surface area contributed by atoms with Crippen LogP contribution in [0.4, 0.5) is 5.82 Å². The first-order chi connectivity index (χ1) is 15.6. The van der Waals surface area contributed by atoms with Gasteiger partial charge in [-0.05, 0) is 42.9 Å². The molecule has 3 aromatic rings. The van der Waals surface area contributed by atoms with E-state index in [0.717, 1.165) is 71.9 Å². The van der Waals surface area contributed by atoms with Crippen molar-refractivity contribution in [1.29, 1.82) is 0 Å². The summed E-state index contributed by atoms with van der Waals surface area (Å²) in [7, 11) is 0. The molecule has 0 unspecified atom stereocenters. The molecule has 7 nitrogen and oxygen atoms in total. The highest BCUT2D eigenvalue weighted by Gasteiger charge is 2.26. The van der Waals surface area contributed by atoms with Crippen LogP contribution in [0.25, 0.3) is 10.2 Å². The molecule has 1 N–H and O–H groups in total. The fourth-order valence-electron chi connectivity index (χ4n) is 4.64. The summed E-state index contributed by atoms with van der Waals surface area (Å²) >= 11 is 1.45. The molecule has 0 spiro atoms. The quantitative estimate of drug-likeness (QED) is 0.582. The first-order valence-corrected chi connectivity index (χ1v) is 12.1. The number of nitrogens with one attached hydrogen (secondary N) is 1. The van der Waals surface area contributed by atoms with Crippen LogP contribution in [0, 0.1) is 6.92 Å². The number of hydrogen-bond acceptors (Lipinski definition) is 6. The maximum Gasteiger partial charge on any atom is 0.264 e. The molecule has 166 valence electrons. The lowest BCUT2D eigenvalue weighted by Crippen LogP contribution is -2.35. The molecule has 8 heteroatoms. The van der Waals surface area contributed by atoms with Gasteiger partial charge >= 0.3 is 0 Å². The van der Waals surface area contributed by atoms with E-state index in [0.29, 0.717) is 13.0 Å². The number of fused-ring (bicyclic) bond motifs is 2. The zero-order chi connectivity index (χ0) is 22.1. The summed E-state index contributed by atoms with van der Waals surface area (Å²) in [5.41, 5.74) is 3.49. The molecule has 32 heavy (non-hydrogen) atoms. The minimum Gasteiger partial charge on any atom is -0.369 e. The van der Waals surface area contributed by atoms with Crippen LogP contribution in [0.5, 0.6) is 0 Å². The maximum atomic E-state index is 13.4. The standard InChI is InChI=1S/C24H27N5O2S/c1-16-20-22(25-10-5-12-28-11-4-8-19(28)30)26-15-27-23(20)32-21(16)24(31)29-13-9-17-6-2-3-7-18(17)14-29/h2-3,6-7,15H,4-5,8-14H2,1H3,(H,25,26,27). The molecular weight excluding hydrogens is 422 g/mol. The van der Waals surface area contributed by atoms with Crippen LogP contribution in [-0.2, 0) is 17.8 Å². The minimum atomic E-state index is 0.0681. The van der Waals surface area contributed by atoms with Crippen molar-refractivity contribution in [1.82, 2.24) is 19.8 Å². The molecule has 2 aliphatic rings. The number of amides is 2. The molecule has 2 aromatic heterocycles. The number of aryl methyl sites for hydroxylation is 1. The summed E-state index contributed by atoms with van der Waals surface area (Å²) < 4.78 is 0.